The van der Waals surface area contributed by atoms with Crippen molar-refractivity contribution < 1.29 is 27.5 Å². The Hall–Kier alpha value is -3.92. The number of likely N-dealkylation sites (N-methyl/N-ethyl adjacent to an activating group) is 1. The van der Waals surface area contributed by atoms with Crippen molar-refractivity contribution in [2.24, 2.45) is 11.0 Å². The minimum absolute atomic E-state index is 0.0315. The number of hydrogen-bond acceptors (Lipinski definition) is 7. The lowest BCUT2D eigenvalue weighted by molar-refractivity contribution is -0.137. The number of methoxy groups -OCH3 is 1. The molecule has 1 unspecified atom stereocenters. The number of hydrogen-bond donors (Lipinski definition) is 2. The summed E-state index contributed by atoms with van der Waals surface area (Å²) in [5, 5.41) is 10.8. The van der Waals surface area contributed by atoms with Gasteiger partial charge in [-0.2, -0.15) is 18.3 Å². The minimum Gasteiger partial charge on any atom is -0.496 e. The maximum Gasteiger partial charge on any atom is 0.416 e. The van der Waals surface area contributed by atoms with Gasteiger partial charge in [-0.05, 0) is 42.8 Å². The van der Waals surface area contributed by atoms with Crippen molar-refractivity contribution in [3.8, 4) is 28.7 Å². The second kappa shape index (κ2) is 10.8. The fourth-order valence-electron chi connectivity index (χ4n) is 3.59. The van der Waals surface area contributed by atoms with E-state index in [0.717, 1.165) is 41.7 Å². The van der Waals surface area contributed by atoms with Crippen LogP contribution in [0.4, 0.5) is 13.2 Å². The number of amidine groups is 1. The van der Waals surface area contributed by atoms with E-state index in [1.165, 1.54) is 32.1 Å². The van der Waals surface area contributed by atoms with Gasteiger partial charge in [0, 0.05) is 43.4 Å². The number of ether oxygens (including phenoxy) is 1. The Morgan fingerprint density at radius 1 is 1.21 bits per heavy atom. The maximum absolute atomic E-state index is 13.5. The molecule has 1 aromatic carbocycles. The van der Waals surface area contributed by atoms with Gasteiger partial charge < -0.3 is 14.6 Å². The second-order valence-corrected chi connectivity index (χ2v) is 9.69. The van der Waals surface area contributed by atoms with Gasteiger partial charge in [0.2, 0.25) is 5.91 Å². The lowest BCUT2D eigenvalue weighted by Crippen LogP contribution is -2.33. The van der Waals surface area contributed by atoms with Gasteiger partial charge in [-0.25, -0.2) is 0 Å². The zero-order chi connectivity index (χ0) is 27.6. The molecule has 2 N–H and O–H groups in total. The summed E-state index contributed by atoms with van der Waals surface area (Å²) in [6.07, 6.45) is -1.38. The van der Waals surface area contributed by atoms with E-state index in [-0.39, 0.29) is 33.0 Å². The number of benzene rings is 1. The van der Waals surface area contributed by atoms with E-state index >= 15 is 0 Å². The molecule has 1 aliphatic heterocycles. The van der Waals surface area contributed by atoms with Gasteiger partial charge in [0.25, 0.3) is 11.5 Å². The number of carbonyl (C=O) groups is 2. The molecule has 0 bridgehead atoms. The molecule has 1 atom stereocenters. The van der Waals surface area contributed by atoms with Gasteiger partial charge >= 0.3 is 6.18 Å². The highest BCUT2D eigenvalue weighted by atomic mass is 32.2. The SMILES string of the molecule is CNC(=O)Cn1cc(-c2cc(C(F)(F)F)ccc2OC)c(C(=O)NC2=NN(C)C(C#CC3CC3)S2)cc1=O. The van der Waals surface area contributed by atoms with Crippen molar-refractivity contribution in [3.63, 3.8) is 0 Å². The third-order valence-electron chi connectivity index (χ3n) is 5.80. The Kier molecular flexibility index (Phi) is 7.73. The number of halogens is 3. The first-order chi connectivity index (χ1) is 18.0. The first-order valence-electron chi connectivity index (χ1n) is 11.5. The molecule has 2 aliphatic rings. The van der Waals surface area contributed by atoms with E-state index in [9.17, 15) is 27.6 Å². The van der Waals surface area contributed by atoms with Crippen LogP contribution in [0.2, 0.25) is 0 Å². The number of rotatable bonds is 5. The van der Waals surface area contributed by atoms with Crippen LogP contribution in [0, 0.1) is 17.8 Å². The number of amides is 2. The number of hydrazone groups is 1. The minimum atomic E-state index is -4.67. The summed E-state index contributed by atoms with van der Waals surface area (Å²) in [7, 11) is 4.36. The number of nitrogens with one attached hydrogen (secondary N) is 2. The Balaban J connectivity index is 1.74. The van der Waals surface area contributed by atoms with E-state index in [1.807, 2.05) is 0 Å². The fraction of sp³-hybridized carbons (Fsp3) is 0.360. The number of alkyl halides is 3. The molecule has 2 heterocycles. The largest absolute Gasteiger partial charge is 0.496 e. The van der Waals surface area contributed by atoms with Gasteiger partial charge in [-0.1, -0.05) is 11.8 Å². The van der Waals surface area contributed by atoms with E-state index in [1.54, 1.807) is 12.1 Å². The number of thioether (sulfide) groups is 1. The quantitative estimate of drug-likeness (QED) is 0.558. The van der Waals surface area contributed by atoms with Crippen LogP contribution in [0.15, 0.2) is 40.4 Å². The summed E-state index contributed by atoms with van der Waals surface area (Å²) >= 11 is 1.21. The Bertz CT molecular complexity index is 1420. The van der Waals surface area contributed by atoms with E-state index < -0.39 is 35.7 Å². The van der Waals surface area contributed by atoms with Crippen LogP contribution in [0.1, 0.15) is 28.8 Å². The van der Waals surface area contributed by atoms with E-state index in [2.05, 4.69) is 27.6 Å². The normalized spacial score (nSPS) is 16.8. The molecule has 0 saturated heterocycles. The molecule has 2 aromatic rings. The summed E-state index contributed by atoms with van der Waals surface area (Å²) in [6, 6.07) is 3.79. The number of carbonyl (C=O) groups excluding carboxylic acids is 2. The van der Waals surface area contributed by atoms with Crippen molar-refractivity contribution in [2.75, 3.05) is 21.2 Å². The number of aromatic nitrogens is 1. The van der Waals surface area contributed by atoms with Gasteiger partial charge in [0.05, 0.1) is 18.2 Å². The molecule has 9 nitrogen and oxygen atoms in total. The third kappa shape index (κ3) is 6.13. The standard InChI is InChI=1S/C25H24F3N5O4S/c1-29-20(34)13-33-12-18(16-10-15(25(26,27)28)7-8-19(16)37-3)17(11-21(33)35)23(36)30-24-31-32(2)22(38-24)9-6-14-4-5-14/h7-8,10-12,14,22H,4-5,13H2,1-3H3,(H,29,34)(H,30,31,36). The molecule has 38 heavy (non-hydrogen) atoms. The van der Waals surface area contributed by atoms with E-state index in [0.29, 0.717) is 5.92 Å². The number of pyridine rings is 1. The second-order valence-electron chi connectivity index (χ2n) is 8.62. The molecule has 1 fully saturated rings. The van der Waals surface area contributed by atoms with Gasteiger partial charge in [-0.3, -0.25) is 24.7 Å². The van der Waals surface area contributed by atoms with Crippen LogP contribution in [0.3, 0.4) is 0 Å². The van der Waals surface area contributed by atoms with Crippen LogP contribution < -0.4 is 20.9 Å². The van der Waals surface area contributed by atoms with Crippen LogP contribution in [0.25, 0.3) is 11.1 Å². The summed E-state index contributed by atoms with van der Waals surface area (Å²) in [5.74, 6) is 5.41. The number of nitrogens with zero attached hydrogens (tertiary/aromatic N) is 3. The van der Waals surface area contributed by atoms with Crippen molar-refractivity contribution in [3.05, 3.63) is 51.9 Å². The molecule has 2 amide bonds. The lowest BCUT2D eigenvalue weighted by Gasteiger charge is -2.17. The maximum atomic E-state index is 13.5. The molecule has 0 spiro atoms. The zero-order valence-electron chi connectivity index (χ0n) is 20.7. The lowest BCUT2D eigenvalue weighted by atomic mass is 9.98. The molecular formula is C25H24F3N5O4S. The molecule has 200 valence electrons. The van der Waals surface area contributed by atoms with E-state index in [4.69, 9.17) is 4.74 Å². The highest BCUT2D eigenvalue weighted by Crippen LogP contribution is 2.38. The summed E-state index contributed by atoms with van der Waals surface area (Å²) in [5.41, 5.74) is -1.99. The fourth-order valence-corrected chi connectivity index (χ4v) is 4.45. The Morgan fingerprint density at radius 3 is 2.58 bits per heavy atom. The van der Waals surface area contributed by atoms with Crippen LogP contribution in [0.5, 0.6) is 5.75 Å². The summed E-state index contributed by atoms with van der Waals surface area (Å²) < 4.78 is 46.9. The molecule has 13 heteroatoms. The predicted octanol–water partition coefficient (Wildman–Crippen LogP) is 2.71. The molecule has 1 aliphatic carbocycles. The first-order valence-corrected chi connectivity index (χ1v) is 12.4. The monoisotopic (exact) mass is 547 g/mol. The Labute approximate surface area is 220 Å². The molecule has 1 aromatic heterocycles. The van der Waals surface area contributed by atoms with Gasteiger partial charge in [0.1, 0.15) is 12.3 Å². The topological polar surface area (TPSA) is 105 Å². The summed E-state index contributed by atoms with van der Waals surface area (Å²) in [6.45, 7) is -0.403. The predicted molar refractivity (Wildman–Crippen MR) is 136 cm³/mol. The molecule has 4 rings (SSSR count). The van der Waals surface area contributed by atoms with Gasteiger partial charge in [-0.15, -0.1) is 0 Å². The average Bonchev–Trinajstić information content (AvgIpc) is 3.64. The average molecular weight is 548 g/mol. The highest BCUT2D eigenvalue weighted by Gasteiger charge is 2.32. The van der Waals surface area contributed by atoms with Crippen LogP contribution in [-0.4, -0.2) is 53.1 Å². The summed E-state index contributed by atoms with van der Waals surface area (Å²) in [4.78, 5) is 38.1. The first kappa shape index (κ1) is 27.1. The zero-order valence-corrected chi connectivity index (χ0v) is 21.5. The van der Waals surface area contributed by atoms with Crippen molar-refractivity contribution in [1.29, 1.82) is 0 Å². The van der Waals surface area contributed by atoms with Gasteiger partial charge in [0.15, 0.2) is 10.5 Å². The molecular weight excluding hydrogens is 523 g/mol. The van der Waals surface area contributed by atoms with Crippen molar-refractivity contribution >= 4 is 28.7 Å². The van der Waals surface area contributed by atoms with Crippen molar-refractivity contribution in [1.82, 2.24) is 20.2 Å². The van der Waals surface area contributed by atoms with Crippen molar-refractivity contribution in [2.45, 2.75) is 30.9 Å². The molecule has 0 radical (unpaired) electrons. The van der Waals surface area contributed by atoms with Crippen LogP contribution >= 0.6 is 11.8 Å². The van der Waals surface area contributed by atoms with Crippen LogP contribution in [-0.2, 0) is 17.5 Å². The Morgan fingerprint density at radius 2 is 1.95 bits per heavy atom. The highest BCUT2D eigenvalue weighted by molar-refractivity contribution is 8.14. The smallest absolute Gasteiger partial charge is 0.416 e. The molecule has 1 saturated carbocycles. The third-order valence-corrected chi connectivity index (χ3v) is 6.85.